The monoisotopic (exact) mass is 301 g/mol. The van der Waals surface area contributed by atoms with Crippen LogP contribution in [0.1, 0.15) is 29.5 Å². The third-order valence-corrected chi connectivity index (χ3v) is 4.36. The standard InChI is InChI=1S/C18H20ClNO/c19-12-17(14-6-2-1-3-7-14)20-13-15-10-11-21-18-9-5-4-8-16(15)18/h1-9,15,17,20H,10-13H2. The average Bonchev–Trinajstić information content (AvgIpc) is 2.56. The number of hydrogen-bond acceptors (Lipinski definition) is 2. The van der Waals surface area contributed by atoms with Crippen LogP contribution in [-0.2, 0) is 0 Å². The predicted molar refractivity (Wildman–Crippen MR) is 87.2 cm³/mol. The van der Waals surface area contributed by atoms with Crippen LogP contribution in [0.4, 0.5) is 0 Å². The van der Waals surface area contributed by atoms with Gasteiger partial charge in [0, 0.05) is 24.4 Å². The zero-order valence-corrected chi connectivity index (χ0v) is 12.7. The number of nitrogens with one attached hydrogen (secondary N) is 1. The Morgan fingerprint density at radius 2 is 1.86 bits per heavy atom. The second-order valence-corrected chi connectivity index (χ2v) is 5.71. The summed E-state index contributed by atoms with van der Waals surface area (Å²) < 4.78 is 5.72. The van der Waals surface area contributed by atoms with Crippen molar-refractivity contribution in [1.82, 2.24) is 5.32 Å². The van der Waals surface area contributed by atoms with E-state index in [2.05, 4.69) is 47.8 Å². The molecule has 1 aliphatic heterocycles. The minimum absolute atomic E-state index is 0.197. The summed E-state index contributed by atoms with van der Waals surface area (Å²) in [6.45, 7) is 1.72. The Kier molecular flexibility index (Phi) is 4.79. The Bertz CT molecular complexity index is 572. The topological polar surface area (TPSA) is 21.3 Å². The van der Waals surface area contributed by atoms with Gasteiger partial charge in [-0.15, -0.1) is 11.6 Å². The molecule has 0 aromatic heterocycles. The highest BCUT2D eigenvalue weighted by Crippen LogP contribution is 2.33. The van der Waals surface area contributed by atoms with Gasteiger partial charge in [-0.1, -0.05) is 48.5 Å². The Hall–Kier alpha value is -1.51. The highest BCUT2D eigenvalue weighted by Gasteiger charge is 2.22. The summed E-state index contributed by atoms with van der Waals surface area (Å²) in [7, 11) is 0. The molecule has 2 unspecified atom stereocenters. The molecule has 3 rings (SSSR count). The average molecular weight is 302 g/mol. The van der Waals surface area contributed by atoms with Crippen LogP contribution in [0.25, 0.3) is 0 Å². The minimum Gasteiger partial charge on any atom is -0.493 e. The number of rotatable bonds is 5. The van der Waals surface area contributed by atoms with E-state index in [0.717, 1.165) is 25.3 Å². The molecule has 0 saturated heterocycles. The Labute approximate surface area is 131 Å². The molecule has 0 bridgehead atoms. The summed E-state index contributed by atoms with van der Waals surface area (Å²) in [6.07, 6.45) is 1.05. The summed E-state index contributed by atoms with van der Waals surface area (Å²) in [4.78, 5) is 0. The third kappa shape index (κ3) is 3.39. The van der Waals surface area contributed by atoms with E-state index in [1.807, 2.05) is 12.1 Å². The van der Waals surface area contributed by atoms with Crippen LogP contribution in [0.5, 0.6) is 5.75 Å². The molecule has 2 nitrogen and oxygen atoms in total. The van der Waals surface area contributed by atoms with Crippen LogP contribution in [0.15, 0.2) is 54.6 Å². The molecule has 0 fully saturated rings. The van der Waals surface area contributed by atoms with Crippen molar-refractivity contribution in [2.45, 2.75) is 18.4 Å². The zero-order chi connectivity index (χ0) is 14.5. The maximum absolute atomic E-state index is 6.13. The molecule has 2 aromatic carbocycles. The fourth-order valence-electron chi connectivity index (χ4n) is 2.86. The lowest BCUT2D eigenvalue weighted by Gasteiger charge is -2.28. The summed E-state index contributed by atoms with van der Waals surface area (Å²) >= 11 is 6.13. The molecule has 3 heteroatoms. The first-order chi connectivity index (χ1) is 10.4. The zero-order valence-electron chi connectivity index (χ0n) is 12.0. The predicted octanol–water partition coefficient (Wildman–Crippen LogP) is 4.12. The van der Waals surface area contributed by atoms with Gasteiger partial charge in [0.05, 0.1) is 6.61 Å². The molecule has 0 radical (unpaired) electrons. The van der Waals surface area contributed by atoms with E-state index in [-0.39, 0.29) is 6.04 Å². The Morgan fingerprint density at radius 1 is 1.10 bits per heavy atom. The van der Waals surface area contributed by atoms with Gasteiger partial charge in [0.2, 0.25) is 0 Å². The van der Waals surface area contributed by atoms with E-state index < -0.39 is 0 Å². The van der Waals surface area contributed by atoms with Gasteiger partial charge >= 0.3 is 0 Å². The van der Waals surface area contributed by atoms with Gasteiger partial charge in [-0.05, 0) is 23.6 Å². The number of hydrogen-bond donors (Lipinski definition) is 1. The van der Waals surface area contributed by atoms with Crippen LogP contribution < -0.4 is 10.1 Å². The smallest absolute Gasteiger partial charge is 0.122 e. The van der Waals surface area contributed by atoms with Crippen molar-refractivity contribution in [3.8, 4) is 5.75 Å². The first-order valence-electron chi connectivity index (χ1n) is 7.44. The molecule has 0 saturated carbocycles. The number of fused-ring (bicyclic) bond motifs is 1. The maximum Gasteiger partial charge on any atom is 0.122 e. The molecule has 1 heterocycles. The van der Waals surface area contributed by atoms with Crippen LogP contribution >= 0.6 is 11.6 Å². The van der Waals surface area contributed by atoms with Crippen molar-refractivity contribution in [1.29, 1.82) is 0 Å². The van der Waals surface area contributed by atoms with Gasteiger partial charge < -0.3 is 10.1 Å². The highest BCUT2D eigenvalue weighted by atomic mass is 35.5. The van der Waals surface area contributed by atoms with Gasteiger partial charge in [0.25, 0.3) is 0 Å². The van der Waals surface area contributed by atoms with Crippen LogP contribution in [-0.4, -0.2) is 19.0 Å². The Balaban J connectivity index is 1.68. The van der Waals surface area contributed by atoms with E-state index in [0.29, 0.717) is 11.8 Å². The van der Waals surface area contributed by atoms with Crippen molar-refractivity contribution >= 4 is 11.6 Å². The molecule has 0 amide bonds. The quantitative estimate of drug-likeness (QED) is 0.839. The van der Waals surface area contributed by atoms with Crippen LogP contribution in [0.3, 0.4) is 0 Å². The third-order valence-electron chi connectivity index (χ3n) is 4.05. The lowest BCUT2D eigenvalue weighted by molar-refractivity contribution is 0.263. The molecule has 1 aliphatic rings. The van der Waals surface area contributed by atoms with Crippen molar-refractivity contribution in [2.24, 2.45) is 0 Å². The van der Waals surface area contributed by atoms with Gasteiger partial charge in [0.1, 0.15) is 5.75 Å². The fourth-order valence-corrected chi connectivity index (χ4v) is 3.15. The van der Waals surface area contributed by atoms with Crippen molar-refractivity contribution in [2.75, 3.05) is 19.0 Å². The summed E-state index contributed by atoms with van der Waals surface area (Å²) in [5.74, 6) is 2.09. The van der Waals surface area contributed by atoms with Gasteiger partial charge in [-0.2, -0.15) is 0 Å². The summed E-state index contributed by atoms with van der Waals surface area (Å²) in [5.41, 5.74) is 2.55. The van der Waals surface area contributed by atoms with Crippen LogP contribution in [0, 0.1) is 0 Å². The highest BCUT2D eigenvalue weighted by molar-refractivity contribution is 6.18. The largest absolute Gasteiger partial charge is 0.493 e. The number of halogens is 1. The van der Waals surface area contributed by atoms with E-state index in [1.165, 1.54) is 11.1 Å². The first-order valence-corrected chi connectivity index (χ1v) is 7.98. The normalized spacial score (nSPS) is 18.6. The fraction of sp³-hybridized carbons (Fsp3) is 0.333. The van der Waals surface area contributed by atoms with Gasteiger partial charge in [-0.25, -0.2) is 0 Å². The van der Waals surface area contributed by atoms with Crippen molar-refractivity contribution in [3.05, 3.63) is 65.7 Å². The molecular weight excluding hydrogens is 282 g/mol. The first kappa shape index (κ1) is 14.4. The second-order valence-electron chi connectivity index (χ2n) is 5.40. The minimum atomic E-state index is 0.197. The molecule has 21 heavy (non-hydrogen) atoms. The van der Waals surface area contributed by atoms with E-state index in [1.54, 1.807) is 0 Å². The molecule has 0 spiro atoms. The summed E-state index contributed by atoms with van der Waals surface area (Å²) in [5, 5.41) is 3.61. The summed E-state index contributed by atoms with van der Waals surface area (Å²) in [6, 6.07) is 18.9. The Morgan fingerprint density at radius 3 is 2.67 bits per heavy atom. The van der Waals surface area contributed by atoms with E-state index in [4.69, 9.17) is 16.3 Å². The van der Waals surface area contributed by atoms with E-state index >= 15 is 0 Å². The molecule has 0 aliphatic carbocycles. The SMILES string of the molecule is ClCC(NCC1CCOc2ccccc21)c1ccccc1. The lowest BCUT2D eigenvalue weighted by Crippen LogP contribution is -2.30. The second kappa shape index (κ2) is 6.97. The number of alkyl halides is 1. The molecule has 2 atom stereocenters. The number of ether oxygens (including phenoxy) is 1. The van der Waals surface area contributed by atoms with Gasteiger partial charge in [0.15, 0.2) is 0 Å². The molecule has 1 N–H and O–H groups in total. The number of para-hydroxylation sites is 1. The maximum atomic E-state index is 6.13. The molecule has 110 valence electrons. The van der Waals surface area contributed by atoms with Crippen molar-refractivity contribution in [3.63, 3.8) is 0 Å². The van der Waals surface area contributed by atoms with Crippen molar-refractivity contribution < 1.29 is 4.74 Å². The van der Waals surface area contributed by atoms with Gasteiger partial charge in [-0.3, -0.25) is 0 Å². The lowest BCUT2D eigenvalue weighted by atomic mass is 9.92. The molecular formula is C18H20ClNO. The van der Waals surface area contributed by atoms with E-state index in [9.17, 15) is 0 Å². The number of benzene rings is 2. The van der Waals surface area contributed by atoms with Crippen LogP contribution in [0.2, 0.25) is 0 Å². The molecule has 2 aromatic rings.